The fourth-order valence-corrected chi connectivity index (χ4v) is 3.96. The highest BCUT2D eigenvalue weighted by atomic mass is 32.2. The van der Waals surface area contributed by atoms with Crippen molar-refractivity contribution in [2.45, 2.75) is 20.0 Å². The third-order valence-corrected chi connectivity index (χ3v) is 5.77. The zero-order valence-corrected chi connectivity index (χ0v) is 25.4. The zero-order valence-electron chi connectivity index (χ0n) is 24.6. The lowest BCUT2D eigenvalue weighted by Gasteiger charge is -2.14. The van der Waals surface area contributed by atoms with Crippen molar-refractivity contribution in [3.8, 4) is 28.4 Å². The topological polar surface area (TPSA) is 179 Å². The van der Waals surface area contributed by atoms with E-state index in [1.807, 2.05) is 32.0 Å². The Morgan fingerprint density at radius 3 is 1.78 bits per heavy atom. The molecule has 3 aromatic heterocycles. The summed E-state index contributed by atoms with van der Waals surface area (Å²) in [6, 6.07) is 24.2. The molecule has 45 heavy (non-hydrogen) atoms. The van der Waals surface area contributed by atoms with Crippen molar-refractivity contribution in [1.29, 1.82) is 0 Å². The summed E-state index contributed by atoms with van der Waals surface area (Å²) >= 11 is 0. The van der Waals surface area contributed by atoms with E-state index in [-0.39, 0.29) is 23.3 Å². The Morgan fingerprint density at radius 1 is 0.822 bits per heavy atom. The minimum Gasteiger partial charge on any atom is -0.490 e. The fourth-order valence-electron chi connectivity index (χ4n) is 3.96. The van der Waals surface area contributed by atoms with Crippen LogP contribution in [0.5, 0.6) is 5.75 Å². The number of rotatable bonds is 8. The van der Waals surface area contributed by atoms with E-state index >= 15 is 4.39 Å². The van der Waals surface area contributed by atoms with E-state index in [0.29, 0.717) is 51.9 Å². The maximum absolute atomic E-state index is 15.1. The SMILES string of the molecule is CC(C)Oc1cc(N=C(N)c2ccccn2)ccc1-c1ccc(-c2ccc(N=C(N)c3ccccn3)cc2F)o1.CS(=O)(=O)O. The van der Waals surface area contributed by atoms with E-state index in [0.717, 1.165) is 0 Å². The number of amidine groups is 2. The second-order valence-corrected chi connectivity index (χ2v) is 11.3. The highest BCUT2D eigenvalue weighted by molar-refractivity contribution is 7.85. The molecule has 0 aliphatic heterocycles. The maximum Gasteiger partial charge on any atom is 0.261 e. The minimum atomic E-state index is -3.67. The Bertz CT molecular complexity index is 1920. The summed E-state index contributed by atoms with van der Waals surface area (Å²) in [7, 11) is -3.67. The third kappa shape index (κ3) is 9.55. The van der Waals surface area contributed by atoms with E-state index in [9.17, 15) is 8.42 Å². The molecule has 0 bridgehead atoms. The summed E-state index contributed by atoms with van der Waals surface area (Å²) in [5, 5.41) is 0. The van der Waals surface area contributed by atoms with Crippen molar-refractivity contribution in [2.24, 2.45) is 21.5 Å². The van der Waals surface area contributed by atoms with Crippen molar-refractivity contribution in [3.63, 3.8) is 0 Å². The van der Waals surface area contributed by atoms with Gasteiger partial charge in [-0.25, -0.2) is 14.4 Å². The number of furan rings is 1. The van der Waals surface area contributed by atoms with Gasteiger partial charge >= 0.3 is 0 Å². The summed E-state index contributed by atoms with van der Waals surface area (Å²) in [4.78, 5) is 17.2. The fraction of sp³-hybridized carbons (Fsp3) is 0.125. The average Bonchev–Trinajstić information content (AvgIpc) is 3.47. The van der Waals surface area contributed by atoms with Crippen LogP contribution in [0.25, 0.3) is 22.6 Å². The molecule has 0 saturated heterocycles. The molecule has 5 aromatic rings. The standard InChI is InChI=1S/C31H27FN6O2.CH4O3S/c1-19(2)39-29-18-21(38-31(34)26-8-4-6-16-36-26)10-12-23(29)28-14-13-27(40-28)22-11-9-20(17-24(22)32)37-30(33)25-7-3-5-15-35-25;1-5(2,3)4/h3-19H,1-2H3,(H2,33,37)(H2,34,38);1H3,(H,2,3,4). The summed E-state index contributed by atoms with van der Waals surface area (Å²) in [6.07, 6.45) is 3.88. The lowest BCUT2D eigenvalue weighted by molar-refractivity contribution is 0.243. The lowest BCUT2D eigenvalue weighted by Crippen LogP contribution is -2.14. The summed E-state index contributed by atoms with van der Waals surface area (Å²) in [6.45, 7) is 3.85. The molecule has 2 aromatic carbocycles. The molecular formula is C32H31FN6O5S. The first kappa shape index (κ1) is 32.5. The molecule has 3 heterocycles. The second kappa shape index (κ2) is 14.4. The Balaban J connectivity index is 0.000000854. The van der Waals surface area contributed by atoms with Gasteiger partial charge in [-0.15, -0.1) is 0 Å². The Morgan fingerprint density at radius 2 is 1.31 bits per heavy atom. The molecule has 0 fully saturated rings. The molecule has 0 amide bonds. The van der Waals surface area contributed by atoms with Crippen LogP contribution in [0.3, 0.4) is 0 Å². The van der Waals surface area contributed by atoms with Crippen LogP contribution in [-0.2, 0) is 10.1 Å². The van der Waals surface area contributed by atoms with Crippen LogP contribution in [0.2, 0.25) is 0 Å². The number of aliphatic imine (C=N–C) groups is 2. The van der Waals surface area contributed by atoms with Crippen molar-refractivity contribution >= 4 is 33.2 Å². The Kier molecular flexibility index (Phi) is 10.4. The molecule has 0 aliphatic rings. The number of ether oxygens (including phenoxy) is 1. The van der Waals surface area contributed by atoms with Crippen molar-refractivity contribution in [2.75, 3.05) is 6.26 Å². The van der Waals surface area contributed by atoms with Gasteiger partial charge in [-0.05, 0) is 74.5 Å². The molecule has 0 radical (unpaired) electrons. The van der Waals surface area contributed by atoms with Gasteiger partial charge in [0.2, 0.25) is 0 Å². The van der Waals surface area contributed by atoms with Gasteiger partial charge in [0, 0.05) is 24.5 Å². The van der Waals surface area contributed by atoms with Crippen LogP contribution in [0.4, 0.5) is 15.8 Å². The van der Waals surface area contributed by atoms with Gasteiger partial charge in [0.05, 0.1) is 34.9 Å². The molecule has 11 nitrogen and oxygen atoms in total. The van der Waals surface area contributed by atoms with E-state index < -0.39 is 15.9 Å². The van der Waals surface area contributed by atoms with E-state index in [4.69, 9.17) is 25.2 Å². The highest BCUT2D eigenvalue weighted by Gasteiger charge is 2.16. The summed E-state index contributed by atoms with van der Waals surface area (Å²) < 4.78 is 53.1. The van der Waals surface area contributed by atoms with E-state index in [2.05, 4.69) is 20.0 Å². The van der Waals surface area contributed by atoms with Gasteiger partial charge in [-0.1, -0.05) is 12.1 Å². The molecule has 0 unspecified atom stereocenters. The summed E-state index contributed by atoms with van der Waals surface area (Å²) in [5.74, 6) is 1.41. The molecule has 0 saturated carbocycles. The monoisotopic (exact) mass is 630 g/mol. The average molecular weight is 631 g/mol. The highest BCUT2D eigenvalue weighted by Crippen LogP contribution is 2.38. The number of hydrogen-bond donors (Lipinski definition) is 3. The molecule has 0 aliphatic carbocycles. The molecule has 13 heteroatoms. The molecule has 232 valence electrons. The molecule has 5 N–H and O–H groups in total. The van der Waals surface area contributed by atoms with Crippen LogP contribution in [0.15, 0.2) is 112 Å². The Labute approximate surface area is 259 Å². The van der Waals surface area contributed by atoms with E-state index in [1.54, 1.807) is 73.1 Å². The first-order valence-corrected chi connectivity index (χ1v) is 15.4. The van der Waals surface area contributed by atoms with Crippen LogP contribution in [-0.4, -0.2) is 47.0 Å². The lowest BCUT2D eigenvalue weighted by atomic mass is 10.1. The quantitative estimate of drug-likeness (QED) is 0.107. The summed E-state index contributed by atoms with van der Waals surface area (Å²) in [5.41, 5.74) is 15.2. The van der Waals surface area contributed by atoms with Crippen molar-refractivity contribution in [3.05, 3.63) is 115 Å². The number of nitrogens with two attached hydrogens (primary N) is 2. The number of pyridine rings is 2. The second-order valence-electron chi connectivity index (χ2n) is 9.83. The van der Waals surface area contributed by atoms with Crippen LogP contribution in [0.1, 0.15) is 25.2 Å². The first-order valence-electron chi connectivity index (χ1n) is 13.5. The number of halogens is 1. The van der Waals surface area contributed by atoms with Crippen molar-refractivity contribution in [1.82, 2.24) is 9.97 Å². The van der Waals surface area contributed by atoms with Gasteiger partial charge < -0.3 is 20.6 Å². The number of nitrogens with zero attached hydrogens (tertiary/aromatic N) is 4. The third-order valence-electron chi connectivity index (χ3n) is 5.77. The number of benzene rings is 2. The first-order chi connectivity index (χ1) is 21.4. The van der Waals surface area contributed by atoms with Gasteiger partial charge in [-0.3, -0.25) is 14.5 Å². The molecule has 5 rings (SSSR count). The van der Waals surface area contributed by atoms with Gasteiger partial charge in [0.1, 0.15) is 46.1 Å². The van der Waals surface area contributed by atoms with Crippen LogP contribution < -0.4 is 16.2 Å². The van der Waals surface area contributed by atoms with Crippen LogP contribution in [0, 0.1) is 5.82 Å². The largest absolute Gasteiger partial charge is 0.490 e. The predicted octanol–water partition coefficient (Wildman–Crippen LogP) is 5.91. The predicted molar refractivity (Wildman–Crippen MR) is 172 cm³/mol. The number of hydrogen-bond acceptors (Lipinski definition) is 8. The normalized spacial score (nSPS) is 12.0. The number of aromatic nitrogens is 2. The van der Waals surface area contributed by atoms with Gasteiger partial charge in [0.25, 0.3) is 10.1 Å². The maximum atomic E-state index is 15.1. The molecular weight excluding hydrogens is 599 g/mol. The van der Waals surface area contributed by atoms with Crippen LogP contribution >= 0.6 is 0 Å². The smallest absolute Gasteiger partial charge is 0.261 e. The minimum absolute atomic E-state index is 0.107. The zero-order chi connectivity index (χ0) is 32.6. The molecule has 0 atom stereocenters. The molecule has 0 spiro atoms. The Hall–Kier alpha value is -5.40. The van der Waals surface area contributed by atoms with Crippen molar-refractivity contribution < 1.29 is 26.5 Å². The van der Waals surface area contributed by atoms with Gasteiger partial charge in [0.15, 0.2) is 0 Å². The van der Waals surface area contributed by atoms with E-state index in [1.165, 1.54) is 6.07 Å². The van der Waals surface area contributed by atoms with Gasteiger partial charge in [-0.2, -0.15) is 8.42 Å².